The summed E-state index contributed by atoms with van der Waals surface area (Å²) in [4.78, 5) is 16.6. The van der Waals surface area contributed by atoms with Gasteiger partial charge in [0.25, 0.3) is 0 Å². The van der Waals surface area contributed by atoms with Gasteiger partial charge in [-0.05, 0) is 25.1 Å². The highest BCUT2D eigenvalue weighted by molar-refractivity contribution is 7.99. The highest BCUT2D eigenvalue weighted by Crippen LogP contribution is 2.31. The fourth-order valence-corrected chi connectivity index (χ4v) is 3.11. The van der Waals surface area contributed by atoms with Crippen molar-refractivity contribution in [2.45, 2.75) is 12.1 Å². The number of carbonyl (C=O) groups is 1. The van der Waals surface area contributed by atoms with Gasteiger partial charge in [0, 0.05) is 10.6 Å². The van der Waals surface area contributed by atoms with Crippen LogP contribution in [0.15, 0.2) is 47.6 Å². The number of ketones is 1. The van der Waals surface area contributed by atoms with E-state index in [9.17, 15) is 4.79 Å². The van der Waals surface area contributed by atoms with Gasteiger partial charge >= 0.3 is 0 Å². The maximum atomic E-state index is 12.2. The minimum atomic E-state index is 0.0386. The van der Waals surface area contributed by atoms with E-state index in [-0.39, 0.29) is 11.5 Å². The standard InChI is InChI=1S/C18H16ClN3O2S/c1-11-3-5-12(6-4-11)15(23)10-25-18-20-17(21-22-18)14-9-13(19)7-8-16(14)24-2/h3-9H,10H2,1-2H3,(H,20,21,22). The molecule has 0 bridgehead atoms. The number of hydrogen-bond donors (Lipinski definition) is 1. The zero-order valence-electron chi connectivity index (χ0n) is 13.7. The molecule has 3 aromatic rings. The number of thioether (sulfide) groups is 1. The summed E-state index contributed by atoms with van der Waals surface area (Å²) in [5.41, 5.74) is 2.53. The van der Waals surface area contributed by atoms with Crippen molar-refractivity contribution in [2.75, 3.05) is 12.9 Å². The maximum Gasteiger partial charge on any atom is 0.209 e. The average molecular weight is 374 g/mol. The van der Waals surface area contributed by atoms with Gasteiger partial charge in [0.05, 0.1) is 18.4 Å². The Labute approximate surface area is 154 Å². The van der Waals surface area contributed by atoms with Crippen LogP contribution in [0, 0.1) is 6.92 Å². The molecule has 25 heavy (non-hydrogen) atoms. The van der Waals surface area contributed by atoms with Gasteiger partial charge in [-0.25, -0.2) is 4.98 Å². The van der Waals surface area contributed by atoms with Gasteiger partial charge in [-0.1, -0.05) is 53.2 Å². The fourth-order valence-electron chi connectivity index (χ4n) is 2.25. The summed E-state index contributed by atoms with van der Waals surface area (Å²) in [6.45, 7) is 1.99. The highest BCUT2D eigenvalue weighted by Gasteiger charge is 2.13. The Morgan fingerprint density at radius 3 is 2.72 bits per heavy atom. The lowest BCUT2D eigenvalue weighted by atomic mass is 10.1. The summed E-state index contributed by atoms with van der Waals surface area (Å²) in [6, 6.07) is 12.8. The Morgan fingerprint density at radius 2 is 2.00 bits per heavy atom. The number of H-pyrrole nitrogens is 1. The zero-order valence-corrected chi connectivity index (χ0v) is 15.3. The van der Waals surface area contributed by atoms with Crippen LogP contribution < -0.4 is 4.74 Å². The molecule has 2 aromatic carbocycles. The molecule has 0 amide bonds. The van der Waals surface area contributed by atoms with Crippen molar-refractivity contribution in [1.29, 1.82) is 0 Å². The number of aromatic amines is 1. The Bertz CT molecular complexity index is 894. The van der Waals surface area contributed by atoms with Crippen molar-refractivity contribution >= 4 is 29.1 Å². The number of Topliss-reactive ketones (excluding diaryl/α,β-unsaturated/α-hetero) is 1. The molecular formula is C18H16ClN3O2S. The van der Waals surface area contributed by atoms with E-state index in [1.807, 2.05) is 31.2 Å². The van der Waals surface area contributed by atoms with Crippen molar-refractivity contribution < 1.29 is 9.53 Å². The van der Waals surface area contributed by atoms with Crippen LogP contribution in [0.1, 0.15) is 15.9 Å². The number of halogens is 1. The summed E-state index contributed by atoms with van der Waals surface area (Å²) in [7, 11) is 1.58. The summed E-state index contributed by atoms with van der Waals surface area (Å²) in [5, 5.41) is 8.09. The van der Waals surface area contributed by atoms with E-state index in [2.05, 4.69) is 15.2 Å². The SMILES string of the molecule is COc1ccc(Cl)cc1-c1nc(SCC(=O)c2ccc(C)cc2)n[nH]1. The largest absolute Gasteiger partial charge is 0.496 e. The second-order valence-electron chi connectivity index (χ2n) is 5.39. The molecule has 0 unspecified atom stereocenters. The number of methoxy groups -OCH3 is 1. The lowest BCUT2D eigenvalue weighted by molar-refractivity contribution is 0.102. The minimum Gasteiger partial charge on any atom is -0.496 e. The van der Waals surface area contributed by atoms with Gasteiger partial charge in [-0.2, -0.15) is 0 Å². The van der Waals surface area contributed by atoms with Gasteiger partial charge in [-0.15, -0.1) is 5.10 Å². The zero-order chi connectivity index (χ0) is 17.8. The van der Waals surface area contributed by atoms with E-state index >= 15 is 0 Å². The Kier molecular flexibility index (Phi) is 5.40. The van der Waals surface area contributed by atoms with Crippen LogP contribution in [-0.2, 0) is 0 Å². The second-order valence-corrected chi connectivity index (χ2v) is 6.77. The molecule has 0 saturated heterocycles. The molecule has 1 heterocycles. The van der Waals surface area contributed by atoms with Crippen LogP contribution in [0.2, 0.25) is 5.02 Å². The number of aromatic nitrogens is 3. The molecule has 3 rings (SSSR count). The maximum absolute atomic E-state index is 12.2. The average Bonchev–Trinajstić information content (AvgIpc) is 3.09. The Morgan fingerprint density at radius 1 is 1.24 bits per heavy atom. The fraction of sp³-hybridized carbons (Fsp3) is 0.167. The van der Waals surface area contributed by atoms with Crippen molar-refractivity contribution in [3.63, 3.8) is 0 Å². The first kappa shape index (κ1) is 17.5. The van der Waals surface area contributed by atoms with Crippen LogP contribution >= 0.6 is 23.4 Å². The summed E-state index contributed by atoms with van der Waals surface area (Å²) in [6.07, 6.45) is 0. The van der Waals surface area contributed by atoms with E-state index < -0.39 is 0 Å². The number of hydrogen-bond acceptors (Lipinski definition) is 5. The lowest BCUT2D eigenvalue weighted by Gasteiger charge is -2.05. The van der Waals surface area contributed by atoms with E-state index in [0.717, 1.165) is 11.1 Å². The third-order valence-corrected chi connectivity index (χ3v) is 4.67. The monoisotopic (exact) mass is 373 g/mol. The molecule has 5 nitrogen and oxygen atoms in total. The third kappa shape index (κ3) is 4.21. The number of carbonyl (C=O) groups excluding carboxylic acids is 1. The molecule has 0 aliphatic carbocycles. The van der Waals surface area contributed by atoms with Gasteiger partial charge in [0.2, 0.25) is 5.16 Å². The molecule has 0 atom stereocenters. The Hall–Kier alpha value is -2.31. The number of ether oxygens (including phenoxy) is 1. The molecule has 1 N–H and O–H groups in total. The van der Waals surface area contributed by atoms with Gasteiger partial charge in [0.1, 0.15) is 5.75 Å². The van der Waals surface area contributed by atoms with Crippen LogP contribution in [0.25, 0.3) is 11.4 Å². The quantitative estimate of drug-likeness (QED) is 0.511. The van der Waals surface area contributed by atoms with Crippen LogP contribution in [0.3, 0.4) is 0 Å². The molecular weight excluding hydrogens is 358 g/mol. The summed E-state index contributed by atoms with van der Waals surface area (Å²) < 4.78 is 5.32. The van der Waals surface area contributed by atoms with Gasteiger partial charge < -0.3 is 4.74 Å². The molecule has 0 aliphatic rings. The topological polar surface area (TPSA) is 67.9 Å². The smallest absolute Gasteiger partial charge is 0.209 e. The predicted octanol–water partition coefficient (Wildman–Crippen LogP) is 4.42. The van der Waals surface area contributed by atoms with Gasteiger partial charge in [0.15, 0.2) is 11.6 Å². The molecule has 0 saturated carbocycles. The van der Waals surface area contributed by atoms with E-state index in [1.165, 1.54) is 11.8 Å². The van der Waals surface area contributed by atoms with Crippen molar-refractivity contribution in [2.24, 2.45) is 0 Å². The van der Waals surface area contributed by atoms with E-state index in [0.29, 0.717) is 27.3 Å². The van der Waals surface area contributed by atoms with Crippen LogP contribution in [-0.4, -0.2) is 33.8 Å². The number of nitrogens with zero attached hydrogens (tertiary/aromatic N) is 2. The second kappa shape index (κ2) is 7.72. The van der Waals surface area contributed by atoms with Crippen molar-refractivity contribution in [1.82, 2.24) is 15.2 Å². The number of benzene rings is 2. The van der Waals surface area contributed by atoms with E-state index in [4.69, 9.17) is 16.3 Å². The predicted molar refractivity (Wildman–Crippen MR) is 99.6 cm³/mol. The summed E-state index contributed by atoms with van der Waals surface area (Å²) in [5.74, 6) is 1.50. The first-order valence-corrected chi connectivity index (χ1v) is 8.92. The molecule has 128 valence electrons. The van der Waals surface area contributed by atoms with Gasteiger partial charge in [-0.3, -0.25) is 9.89 Å². The third-order valence-electron chi connectivity index (χ3n) is 3.59. The van der Waals surface area contributed by atoms with Crippen LogP contribution in [0.4, 0.5) is 0 Å². The Balaban J connectivity index is 1.71. The molecule has 0 fully saturated rings. The molecule has 0 radical (unpaired) electrons. The lowest BCUT2D eigenvalue weighted by Crippen LogP contribution is -2.02. The molecule has 7 heteroatoms. The number of nitrogens with one attached hydrogen (secondary N) is 1. The molecule has 0 aliphatic heterocycles. The number of aryl methyl sites for hydroxylation is 1. The number of rotatable bonds is 6. The van der Waals surface area contributed by atoms with Crippen molar-refractivity contribution in [3.8, 4) is 17.1 Å². The highest BCUT2D eigenvalue weighted by atomic mass is 35.5. The normalized spacial score (nSPS) is 10.7. The van der Waals surface area contributed by atoms with E-state index in [1.54, 1.807) is 25.3 Å². The first-order chi connectivity index (χ1) is 12.1. The minimum absolute atomic E-state index is 0.0386. The molecule has 0 spiro atoms. The van der Waals surface area contributed by atoms with Crippen LogP contribution in [0.5, 0.6) is 5.75 Å². The van der Waals surface area contributed by atoms with Crippen molar-refractivity contribution in [3.05, 3.63) is 58.6 Å². The summed E-state index contributed by atoms with van der Waals surface area (Å²) >= 11 is 7.33. The first-order valence-electron chi connectivity index (χ1n) is 7.56. The molecule has 1 aromatic heterocycles.